The van der Waals surface area contributed by atoms with E-state index in [1.807, 2.05) is 36.4 Å². The molecule has 0 amide bonds. The van der Waals surface area contributed by atoms with E-state index in [1.54, 1.807) is 6.07 Å². The summed E-state index contributed by atoms with van der Waals surface area (Å²) in [4.78, 5) is 11.7. The summed E-state index contributed by atoms with van der Waals surface area (Å²) in [6.07, 6.45) is 3.86. The number of hydrogen-bond acceptors (Lipinski definition) is 2. The molecule has 0 aliphatic heterocycles. The first kappa shape index (κ1) is 25.8. The monoisotopic (exact) mass is 498 g/mol. The lowest BCUT2D eigenvalue weighted by Gasteiger charge is -2.33. The average molecular weight is 499 g/mol. The van der Waals surface area contributed by atoms with Crippen molar-refractivity contribution in [3.05, 3.63) is 130 Å². The topological polar surface area (TPSA) is 37.3 Å². The van der Waals surface area contributed by atoms with Crippen molar-refractivity contribution in [2.75, 3.05) is 0 Å². The summed E-state index contributed by atoms with van der Waals surface area (Å²) in [5.74, 6) is -0.102. The predicted octanol–water partition coefficient (Wildman–Crippen LogP) is 7.54. The molecule has 0 fully saturated rings. The molecule has 0 bridgehead atoms. The third-order valence-corrected chi connectivity index (χ3v) is 8.43. The molecule has 0 spiro atoms. The van der Waals surface area contributed by atoms with Gasteiger partial charge in [-0.2, -0.15) is 0 Å². The molecular weight excluding hydrogens is 466 g/mol. The summed E-state index contributed by atoms with van der Waals surface area (Å²) in [6, 6.07) is 29.2. The first-order valence-electron chi connectivity index (χ1n) is 12.4. The Bertz CT molecular complexity index is 1320. The Labute approximate surface area is 215 Å². The van der Waals surface area contributed by atoms with E-state index in [0.717, 1.165) is 53.1 Å². The molecule has 2 nitrogen and oxygen atoms in total. The smallest absolute Gasteiger partial charge is 0.150 e. The first-order valence-corrected chi connectivity index (χ1v) is 13.4. The fraction of sp³-hybridized carbons (Fsp3) is 0.219. The second-order valence-electron chi connectivity index (χ2n) is 9.53. The van der Waals surface area contributed by atoms with Gasteiger partial charge in [0.2, 0.25) is 0 Å². The van der Waals surface area contributed by atoms with Crippen molar-refractivity contribution in [3.63, 3.8) is 0 Å². The number of hydrogen-bond donors (Lipinski definition) is 1. The number of carbonyl (C=O) groups excluding carboxylic acids is 1. The first-order chi connectivity index (χ1) is 17.4. The quantitative estimate of drug-likeness (QED) is 0.181. The van der Waals surface area contributed by atoms with E-state index in [9.17, 15) is 14.3 Å². The molecule has 0 heterocycles. The molecule has 4 aromatic carbocycles. The van der Waals surface area contributed by atoms with Crippen LogP contribution in [0, 0.1) is 5.82 Å². The van der Waals surface area contributed by atoms with Gasteiger partial charge >= 0.3 is 0 Å². The minimum atomic E-state index is -0.416. The number of carbonyl (C=O) groups is 1. The summed E-state index contributed by atoms with van der Waals surface area (Å²) < 4.78 is 13.8. The van der Waals surface area contributed by atoms with E-state index in [-0.39, 0.29) is 8.58 Å². The number of benzene rings is 4. The number of phenols is 1. The van der Waals surface area contributed by atoms with E-state index in [4.69, 9.17) is 0 Å². The van der Waals surface area contributed by atoms with Crippen LogP contribution in [0.1, 0.15) is 64.9 Å². The van der Waals surface area contributed by atoms with Gasteiger partial charge in [-0.15, -0.1) is 0 Å². The molecule has 184 valence electrons. The Morgan fingerprint density at radius 3 is 2.11 bits per heavy atom. The molecule has 0 aliphatic carbocycles. The van der Waals surface area contributed by atoms with E-state index in [2.05, 4.69) is 50.2 Å². The normalized spacial score (nSPS) is 13.1. The van der Waals surface area contributed by atoms with E-state index in [0.29, 0.717) is 17.7 Å². The third-order valence-electron chi connectivity index (χ3n) is 6.63. The van der Waals surface area contributed by atoms with Crippen LogP contribution in [-0.2, 0) is 18.0 Å². The molecule has 0 radical (unpaired) electrons. The van der Waals surface area contributed by atoms with E-state index >= 15 is 0 Å². The molecular formula is C32H32FO2P. The van der Waals surface area contributed by atoms with Crippen molar-refractivity contribution in [2.45, 2.75) is 44.7 Å². The van der Waals surface area contributed by atoms with Crippen LogP contribution < -0.4 is 5.30 Å². The Morgan fingerprint density at radius 1 is 0.861 bits per heavy atom. The maximum Gasteiger partial charge on any atom is 0.150 e. The van der Waals surface area contributed by atoms with Gasteiger partial charge in [0, 0.05) is 22.7 Å². The number of aldehydes is 1. The van der Waals surface area contributed by atoms with Gasteiger partial charge in [0.15, 0.2) is 6.29 Å². The van der Waals surface area contributed by atoms with Gasteiger partial charge in [-0.1, -0.05) is 108 Å². The maximum atomic E-state index is 13.8. The van der Waals surface area contributed by atoms with Gasteiger partial charge in [0.25, 0.3) is 0 Å². The molecule has 2 unspecified atom stereocenters. The molecule has 0 saturated carbocycles. The largest absolute Gasteiger partial charge is 0.507 e. The molecule has 2 atom stereocenters. The highest BCUT2D eigenvalue weighted by Gasteiger charge is 2.31. The van der Waals surface area contributed by atoms with Crippen LogP contribution in [-0.4, -0.2) is 11.4 Å². The van der Waals surface area contributed by atoms with Crippen LogP contribution in [0.3, 0.4) is 0 Å². The highest BCUT2D eigenvalue weighted by atomic mass is 31.1. The predicted molar refractivity (Wildman–Crippen MR) is 149 cm³/mol. The van der Waals surface area contributed by atoms with Crippen molar-refractivity contribution in [1.82, 2.24) is 0 Å². The Kier molecular flexibility index (Phi) is 8.33. The van der Waals surface area contributed by atoms with Gasteiger partial charge in [-0.05, 0) is 52.5 Å². The van der Waals surface area contributed by atoms with E-state index < -0.39 is 11.0 Å². The summed E-state index contributed by atoms with van der Waals surface area (Å²) in [6.45, 7) is 4.28. The highest BCUT2D eigenvalue weighted by molar-refractivity contribution is 7.48. The van der Waals surface area contributed by atoms with Gasteiger partial charge in [-0.3, -0.25) is 4.79 Å². The highest BCUT2D eigenvalue weighted by Crippen LogP contribution is 2.49. The van der Waals surface area contributed by atoms with Crippen LogP contribution in [0.25, 0.3) is 0 Å². The van der Waals surface area contributed by atoms with Gasteiger partial charge in [0.1, 0.15) is 11.6 Å². The second-order valence-corrected chi connectivity index (χ2v) is 11.4. The Morgan fingerprint density at radius 2 is 1.50 bits per heavy atom. The lowest BCUT2D eigenvalue weighted by molar-refractivity contribution is 0.112. The molecule has 0 aromatic heterocycles. The fourth-order valence-electron chi connectivity index (χ4n) is 4.87. The minimum absolute atomic E-state index is 0.202. The number of halogens is 1. The van der Waals surface area contributed by atoms with Crippen LogP contribution in [0.4, 0.5) is 4.39 Å². The summed E-state index contributed by atoms with van der Waals surface area (Å²) in [7, 11) is 0.202. The maximum absolute atomic E-state index is 13.8. The zero-order valence-electron chi connectivity index (χ0n) is 20.8. The summed E-state index contributed by atoms with van der Waals surface area (Å²) in [5, 5.41) is 12.0. The Balaban J connectivity index is 1.82. The molecule has 36 heavy (non-hydrogen) atoms. The van der Waals surface area contributed by atoms with Gasteiger partial charge < -0.3 is 5.11 Å². The SMILES string of the molecule is CCCC(C)(Pc1ccc(F)cc1C=O)c1cc(Cc2ccccc2)cc(Cc2ccccc2)c1O. The molecule has 1 N–H and O–H groups in total. The lowest BCUT2D eigenvalue weighted by atomic mass is 9.88. The van der Waals surface area contributed by atoms with Crippen molar-refractivity contribution in [3.8, 4) is 5.75 Å². The van der Waals surface area contributed by atoms with Crippen molar-refractivity contribution in [1.29, 1.82) is 0 Å². The van der Waals surface area contributed by atoms with Gasteiger partial charge in [0.05, 0.1) is 0 Å². The fourth-order valence-corrected chi connectivity index (χ4v) is 6.61. The zero-order valence-corrected chi connectivity index (χ0v) is 21.8. The van der Waals surface area contributed by atoms with Crippen LogP contribution in [0.2, 0.25) is 0 Å². The van der Waals surface area contributed by atoms with Crippen molar-refractivity contribution >= 4 is 20.2 Å². The molecule has 0 aliphatic rings. The van der Waals surface area contributed by atoms with Crippen molar-refractivity contribution in [2.24, 2.45) is 0 Å². The minimum Gasteiger partial charge on any atom is -0.507 e. The summed E-state index contributed by atoms with van der Waals surface area (Å²) in [5.41, 5.74) is 5.65. The van der Waals surface area contributed by atoms with Gasteiger partial charge in [-0.25, -0.2) is 4.39 Å². The average Bonchev–Trinajstić information content (AvgIpc) is 2.88. The Hall–Kier alpha value is -3.29. The van der Waals surface area contributed by atoms with Crippen LogP contribution in [0.5, 0.6) is 5.75 Å². The molecule has 4 aromatic rings. The van der Waals surface area contributed by atoms with Crippen LogP contribution >= 0.6 is 8.58 Å². The summed E-state index contributed by atoms with van der Waals surface area (Å²) >= 11 is 0. The van der Waals surface area contributed by atoms with E-state index in [1.165, 1.54) is 17.7 Å². The van der Waals surface area contributed by atoms with Crippen LogP contribution in [0.15, 0.2) is 91.0 Å². The standard InChI is InChI=1S/C32H32FO2P/c1-3-16-32(2,36-30-15-14-28(33)21-27(30)22-34)29-20-25(17-23-10-6-4-7-11-23)19-26(31(29)35)18-24-12-8-5-9-13-24/h4-15,19-22,35-36H,3,16-18H2,1-2H3. The van der Waals surface area contributed by atoms with Crippen molar-refractivity contribution < 1.29 is 14.3 Å². The second kappa shape index (κ2) is 11.6. The molecule has 0 saturated heterocycles. The number of rotatable bonds is 10. The number of phenolic OH excluding ortho intramolecular Hbond substituents is 1. The molecule has 4 rings (SSSR count). The third kappa shape index (κ3) is 6.09. The lowest BCUT2D eigenvalue weighted by Crippen LogP contribution is -2.22. The zero-order chi connectivity index (χ0) is 25.5. The number of aromatic hydroxyl groups is 1. The molecule has 4 heteroatoms.